The van der Waals surface area contributed by atoms with E-state index < -0.39 is 0 Å². The number of aromatic nitrogens is 2. The molecule has 4 heteroatoms. The summed E-state index contributed by atoms with van der Waals surface area (Å²) in [7, 11) is 0. The van der Waals surface area contributed by atoms with Gasteiger partial charge >= 0.3 is 0 Å². The van der Waals surface area contributed by atoms with Crippen LogP contribution in [-0.4, -0.2) is 9.97 Å². The predicted octanol–water partition coefficient (Wildman–Crippen LogP) is 3.20. The van der Waals surface area contributed by atoms with E-state index in [0.717, 1.165) is 47.3 Å². The van der Waals surface area contributed by atoms with E-state index in [9.17, 15) is 4.79 Å². The Labute approximate surface area is 105 Å². The zero-order valence-corrected chi connectivity index (χ0v) is 11.4. The number of hydrogen-bond donors (Lipinski definition) is 1. The minimum atomic E-state index is 0.0299. The number of nitrogens with one attached hydrogen (secondary N) is 1. The largest absolute Gasteiger partial charge is 0.310 e. The van der Waals surface area contributed by atoms with Crippen molar-refractivity contribution in [2.75, 3.05) is 0 Å². The molecule has 0 unspecified atom stereocenters. The Morgan fingerprint density at radius 1 is 1.35 bits per heavy atom. The van der Waals surface area contributed by atoms with Gasteiger partial charge in [-0.05, 0) is 25.3 Å². The third-order valence-electron chi connectivity index (χ3n) is 3.03. The van der Waals surface area contributed by atoms with Gasteiger partial charge in [0.2, 0.25) is 0 Å². The molecule has 1 N–H and O–H groups in total. The molecule has 0 aliphatic carbocycles. The zero-order chi connectivity index (χ0) is 12.4. The van der Waals surface area contributed by atoms with E-state index in [0.29, 0.717) is 0 Å². The summed E-state index contributed by atoms with van der Waals surface area (Å²) in [6, 6.07) is 0. The monoisotopic (exact) mass is 250 g/mol. The highest BCUT2D eigenvalue weighted by molar-refractivity contribution is 7.18. The van der Waals surface area contributed by atoms with Gasteiger partial charge in [-0.1, -0.05) is 20.3 Å². The van der Waals surface area contributed by atoms with Gasteiger partial charge in [0.25, 0.3) is 5.56 Å². The van der Waals surface area contributed by atoms with Crippen molar-refractivity contribution in [2.24, 2.45) is 0 Å². The Hall–Kier alpha value is -1.16. The van der Waals surface area contributed by atoms with E-state index in [4.69, 9.17) is 0 Å². The first-order valence-corrected chi connectivity index (χ1v) is 7.00. The standard InChI is InChI=1S/C13H18N2OS/c1-4-6-7-10-14-12(16)11-9(5-2)8(3)17-13(11)15-10/h4-7H2,1-3H3,(H,14,15,16). The maximum atomic E-state index is 12.1. The fraction of sp³-hybridized carbons (Fsp3) is 0.538. The minimum Gasteiger partial charge on any atom is -0.310 e. The van der Waals surface area contributed by atoms with Gasteiger partial charge in [-0.2, -0.15) is 0 Å². The molecule has 2 aromatic heterocycles. The van der Waals surface area contributed by atoms with E-state index in [2.05, 4.69) is 30.7 Å². The van der Waals surface area contributed by atoms with Gasteiger partial charge in [0, 0.05) is 11.3 Å². The van der Waals surface area contributed by atoms with E-state index in [-0.39, 0.29) is 5.56 Å². The van der Waals surface area contributed by atoms with Crippen molar-refractivity contribution in [2.45, 2.75) is 46.5 Å². The molecule has 0 aliphatic rings. The molecule has 0 aliphatic heterocycles. The van der Waals surface area contributed by atoms with Gasteiger partial charge in [-0.15, -0.1) is 11.3 Å². The van der Waals surface area contributed by atoms with Gasteiger partial charge in [0.1, 0.15) is 10.7 Å². The number of aryl methyl sites for hydroxylation is 3. The summed E-state index contributed by atoms with van der Waals surface area (Å²) < 4.78 is 0. The highest BCUT2D eigenvalue weighted by Gasteiger charge is 2.13. The van der Waals surface area contributed by atoms with Crippen molar-refractivity contribution in [3.8, 4) is 0 Å². The molecule has 0 amide bonds. The Bertz CT molecular complexity index is 583. The summed E-state index contributed by atoms with van der Waals surface area (Å²) >= 11 is 1.63. The van der Waals surface area contributed by atoms with Gasteiger partial charge in [-0.3, -0.25) is 4.79 Å². The molecule has 0 saturated heterocycles. The van der Waals surface area contributed by atoms with Crippen LogP contribution >= 0.6 is 11.3 Å². The molecule has 0 atom stereocenters. The second-order valence-corrected chi connectivity index (χ2v) is 5.49. The van der Waals surface area contributed by atoms with E-state index in [1.807, 2.05) is 0 Å². The van der Waals surface area contributed by atoms with Crippen molar-refractivity contribution in [3.05, 3.63) is 26.6 Å². The summed E-state index contributed by atoms with van der Waals surface area (Å²) in [5.41, 5.74) is 1.18. The van der Waals surface area contributed by atoms with Gasteiger partial charge in [0.05, 0.1) is 5.39 Å². The first kappa shape index (κ1) is 12.3. The summed E-state index contributed by atoms with van der Waals surface area (Å²) in [6.45, 7) is 6.29. The lowest BCUT2D eigenvalue weighted by Crippen LogP contribution is -2.12. The van der Waals surface area contributed by atoms with Crippen LogP contribution in [0, 0.1) is 6.92 Å². The Balaban J connectivity index is 2.56. The molecule has 0 saturated carbocycles. The van der Waals surface area contributed by atoms with Crippen LogP contribution < -0.4 is 5.56 Å². The molecule has 92 valence electrons. The number of unbranched alkanes of at least 4 members (excludes halogenated alkanes) is 1. The van der Waals surface area contributed by atoms with Crippen LogP contribution in [0.25, 0.3) is 10.2 Å². The summed E-state index contributed by atoms with van der Waals surface area (Å²) in [5, 5.41) is 0.801. The van der Waals surface area contributed by atoms with Crippen molar-refractivity contribution in [1.82, 2.24) is 9.97 Å². The SMILES string of the molecule is CCCCc1nc2sc(C)c(CC)c2c(=O)[nH]1. The van der Waals surface area contributed by atoms with Crippen LogP contribution in [0.4, 0.5) is 0 Å². The molecule has 2 rings (SSSR count). The van der Waals surface area contributed by atoms with Crippen molar-refractivity contribution in [3.63, 3.8) is 0 Å². The molecule has 0 bridgehead atoms. The van der Waals surface area contributed by atoms with Gasteiger partial charge < -0.3 is 4.98 Å². The van der Waals surface area contributed by atoms with Crippen LogP contribution in [0.15, 0.2) is 4.79 Å². The van der Waals surface area contributed by atoms with Crippen molar-refractivity contribution >= 4 is 21.6 Å². The molecule has 0 radical (unpaired) electrons. The fourth-order valence-electron chi connectivity index (χ4n) is 2.11. The molecule has 2 aromatic rings. The number of thiophene rings is 1. The van der Waals surface area contributed by atoms with Crippen molar-refractivity contribution < 1.29 is 0 Å². The number of rotatable bonds is 4. The normalized spacial score (nSPS) is 11.2. The van der Waals surface area contributed by atoms with Crippen LogP contribution in [0.2, 0.25) is 0 Å². The first-order valence-electron chi connectivity index (χ1n) is 6.18. The molecule has 3 nitrogen and oxygen atoms in total. The average molecular weight is 250 g/mol. The van der Waals surface area contributed by atoms with E-state index in [1.165, 1.54) is 4.88 Å². The number of hydrogen-bond acceptors (Lipinski definition) is 3. The molecule has 0 aromatic carbocycles. The van der Waals surface area contributed by atoms with E-state index in [1.54, 1.807) is 11.3 Å². The highest BCUT2D eigenvalue weighted by Crippen LogP contribution is 2.27. The molecule has 0 fully saturated rings. The predicted molar refractivity (Wildman–Crippen MR) is 73.0 cm³/mol. The molecule has 17 heavy (non-hydrogen) atoms. The Morgan fingerprint density at radius 2 is 2.12 bits per heavy atom. The molecular formula is C13H18N2OS. The third kappa shape index (κ3) is 2.27. The Morgan fingerprint density at radius 3 is 2.76 bits per heavy atom. The second-order valence-electron chi connectivity index (χ2n) is 4.29. The maximum Gasteiger partial charge on any atom is 0.259 e. The number of H-pyrrole nitrogens is 1. The summed E-state index contributed by atoms with van der Waals surface area (Å²) in [6.07, 6.45) is 3.94. The quantitative estimate of drug-likeness (QED) is 0.905. The fourth-order valence-corrected chi connectivity index (χ4v) is 3.24. The Kier molecular flexibility index (Phi) is 3.62. The van der Waals surface area contributed by atoms with Gasteiger partial charge in [-0.25, -0.2) is 4.98 Å². The second kappa shape index (κ2) is 5.00. The van der Waals surface area contributed by atoms with Crippen LogP contribution in [0.5, 0.6) is 0 Å². The lowest BCUT2D eigenvalue weighted by atomic mass is 10.1. The topological polar surface area (TPSA) is 45.8 Å². The summed E-state index contributed by atoms with van der Waals surface area (Å²) in [5.74, 6) is 0.827. The lowest BCUT2D eigenvalue weighted by Gasteiger charge is -2.00. The minimum absolute atomic E-state index is 0.0299. The maximum absolute atomic E-state index is 12.1. The number of nitrogens with zero attached hydrogens (tertiary/aromatic N) is 1. The number of aromatic amines is 1. The first-order chi connectivity index (χ1) is 8.17. The highest BCUT2D eigenvalue weighted by atomic mass is 32.1. The molecule has 0 spiro atoms. The third-order valence-corrected chi connectivity index (χ3v) is 4.07. The zero-order valence-electron chi connectivity index (χ0n) is 10.6. The lowest BCUT2D eigenvalue weighted by molar-refractivity contribution is 0.754. The van der Waals surface area contributed by atoms with Crippen LogP contribution in [0.1, 0.15) is 43.0 Å². The summed E-state index contributed by atoms with van der Waals surface area (Å²) in [4.78, 5) is 21.7. The smallest absolute Gasteiger partial charge is 0.259 e. The average Bonchev–Trinajstić information content (AvgIpc) is 2.62. The van der Waals surface area contributed by atoms with Crippen molar-refractivity contribution in [1.29, 1.82) is 0 Å². The molecular weight excluding hydrogens is 232 g/mol. The van der Waals surface area contributed by atoms with Crippen LogP contribution in [-0.2, 0) is 12.8 Å². The van der Waals surface area contributed by atoms with Crippen LogP contribution in [0.3, 0.4) is 0 Å². The van der Waals surface area contributed by atoms with E-state index >= 15 is 0 Å². The number of fused-ring (bicyclic) bond motifs is 1. The van der Waals surface area contributed by atoms with Gasteiger partial charge in [0.15, 0.2) is 0 Å². The molecule has 2 heterocycles.